The molecule has 0 atom stereocenters. The van der Waals surface area contributed by atoms with Gasteiger partial charge >= 0.3 is 0 Å². The third-order valence-electron chi connectivity index (χ3n) is 2.61. The van der Waals surface area contributed by atoms with Gasteiger partial charge in [-0.05, 0) is 24.6 Å². The van der Waals surface area contributed by atoms with Crippen molar-refractivity contribution in [2.45, 2.75) is 12.8 Å². The summed E-state index contributed by atoms with van der Waals surface area (Å²) in [4.78, 5) is 8.67. The molecule has 2 aromatic rings. The van der Waals surface area contributed by atoms with Crippen LogP contribution in [0.2, 0.25) is 0 Å². The van der Waals surface area contributed by atoms with E-state index in [1.807, 2.05) is 24.3 Å². The first-order chi connectivity index (χ1) is 8.88. The number of hydrogen-bond acceptors (Lipinski definition) is 4. The molecule has 94 valence electrons. The molecule has 3 N–H and O–H groups in total. The lowest BCUT2D eigenvalue weighted by molar-refractivity contribution is 0.860. The second-order valence-electron chi connectivity index (χ2n) is 4.10. The lowest BCUT2D eigenvalue weighted by atomic mass is 10.1. The predicted molar refractivity (Wildman–Crippen MR) is 73.4 cm³/mol. The van der Waals surface area contributed by atoms with Gasteiger partial charge in [-0.2, -0.15) is 0 Å². The van der Waals surface area contributed by atoms with E-state index in [4.69, 9.17) is 5.73 Å². The van der Waals surface area contributed by atoms with Crippen LogP contribution in [0.1, 0.15) is 17.7 Å². The van der Waals surface area contributed by atoms with Gasteiger partial charge in [-0.1, -0.05) is 30.3 Å². The van der Waals surface area contributed by atoms with Gasteiger partial charge in [0.25, 0.3) is 0 Å². The topological polar surface area (TPSA) is 63.8 Å². The Morgan fingerprint density at radius 2 is 1.94 bits per heavy atom. The van der Waals surface area contributed by atoms with E-state index in [0.29, 0.717) is 12.5 Å². The van der Waals surface area contributed by atoms with Gasteiger partial charge in [0.2, 0.25) is 5.95 Å². The number of aromatic nitrogens is 2. The Morgan fingerprint density at radius 3 is 2.72 bits per heavy atom. The Morgan fingerprint density at radius 1 is 1.11 bits per heavy atom. The lowest BCUT2D eigenvalue weighted by Gasteiger charge is -2.05. The third kappa shape index (κ3) is 3.82. The molecule has 0 unspecified atom stereocenters. The Hall–Kier alpha value is -1.94. The molecule has 0 saturated carbocycles. The molecule has 18 heavy (non-hydrogen) atoms. The Kier molecular flexibility index (Phi) is 4.67. The second kappa shape index (κ2) is 6.71. The number of nitrogens with two attached hydrogens (primary N) is 1. The zero-order chi connectivity index (χ0) is 12.6. The van der Waals surface area contributed by atoms with Crippen LogP contribution in [0.15, 0.2) is 42.6 Å². The van der Waals surface area contributed by atoms with Crippen molar-refractivity contribution in [3.63, 3.8) is 0 Å². The third-order valence-corrected chi connectivity index (χ3v) is 2.61. The first kappa shape index (κ1) is 12.5. The van der Waals surface area contributed by atoms with Crippen molar-refractivity contribution in [2.24, 2.45) is 5.73 Å². The number of hydrogen-bond donors (Lipinski definition) is 2. The van der Waals surface area contributed by atoms with Crippen LogP contribution in [0.4, 0.5) is 5.95 Å². The summed E-state index contributed by atoms with van der Waals surface area (Å²) in [6.07, 6.45) is 3.54. The zero-order valence-corrected chi connectivity index (χ0v) is 10.3. The van der Waals surface area contributed by atoms with Gasteiger partial charge in [0.1, 0.15) is 0 Å². The molecule has 4 nitrogen and oxygen atoms in total. The molecule has 0 aliphatic carbocycles. The number of benzene rings is 1. The van der Waals surface area contributed by atoms with Crippen molar-refractivity contribution < 1.29 is 0 Å². The summed E-state index contributed by atoms with van der Waals surface area (Å²) < 4.78 is 0. The highest BCUT2D eigenvalue weighted by atomic mass is 15.1. The van der Waals surface area contributed by atoms with E-state index in [9.17, 15) is 0 Å². The van der Waals surface area contributed by atoms with Crippen LogP contribution in [0, 0.1) is 0 Å². The maximum absolute atomic E-state index is 5.44. The Bertz CT molecular complexity index is 470. The van der Waals surface area contributed by atoms with Crippen molar-refractivity contribution in [2.75, 3.05) is 18.4 Å². The van der Waals surface area contributed by atoms with Gasteiger partial charge in [0.05, 0.1) is 5.69 Å². The standard InChI is InChI=1S/C14H18N4/c15-8-4-9-16-14-17-10-7-13(18-14)11-12-5-2-1-3-6-12/h1-3,5-7,10H,4,8-9,11,15H2,(H,16,17,18). The average Bonchev–Trinajstić information content (AvgIpc) is 2.41. The predicted octanol–water partition coefficient (Wildman–Crippen LogP) is 1.83. The molecular formula is C14H18N4. The first-order valence-electron chi connectivity index (χ1n) is 6.18. The highest BCUT2D eigenvalue weighted by Crippen LogP contribution is 2.08. The summed E-state index contributed by atoms with van der Waals surface area (Å²) in [6, 6.07) is 12.2. The van der Waals surface area contributed by atoms with Crippen molar-refractivity contribution in [1.82, 2.24) is 9.97 Å². The molecule has 1 aromatic heterocycles. The Labute approximate surface area is 107 Å². The summed E-state index contributed by atoms with van der Waals surface area (Å²) in [6.45, 7) is 1.49. The van der Waals surface area contributed by atoms with Gasteiger partial charge in [-0.3, -0.25) is 0 Å². The summed E-state index contributed by atoms with van der Waals surface area (Å²) in [5, 5.41) is 3.17. The molecule has 2 rings (SSSR count). The molecule has 0 saturated heterocycles. The average molecular weight is 242 g/mol. The van der Waals surface area contributed by atoms with E-state index in [1.165, 1.54) is 5.56 Å². The van der Waals surface area contributed by atoms with E-state index in [-0.39, 0.29) is 0 Å². The van der Waals surface area contributed by atoms with Gasteiger partial charge in [-0.15, -0.1) is 0 Å². The van der Waals surface area contributed by atoms with Crippen molar-refractivity contribution in [1.29, 1.82) is 0 Å². The summed E-state index contributed by atoms with van der Waals surface area (Å²) in [7, 11) is 0. The molecule has 0 spiro atoms. The lowest BCUT2D eigenvalue weighted by Crippen LogP contribution is -2.11. The molecule has 0 aliphatic rings. The molecule has 0 radical (unpaired) electrons. The number of nitrogens with one attached hydrogen (secondary N) is 1. The van der Waals surface area contributed by atoms with Gasteiger partial charge < -0.3 is 11.1 Å². The molecule has 1 aromatic carbocycles. The van der Waals surface area contributed by atoms with Crippen molar-refractivity contribution in [3.05, 3.63) is 53.9 Å². The van der Waals surface area contributed by atoms with E-state index < -0.39 is 0 Å². The Balaban J connectivity index is 1.99. The minimum absolute atomic E-state index is 0.677. The van der Waals surface area contributed by atoms with Crippen LogP contribution in [-0.4, -0.2) is 23.1 Å². The largest absolute Gasteiger partial charge is 0.354 e. The minimum atomic E-state index is 0.677. The fraction of sp³-hybridized carbons (Fsp3) is 0.286. The first-order valence-corrected chi connectivity index (χ1v) is 6.18. The van der Waals surface area contributed by atoms with Crippen LogP contribution in [0.3, 0.4) is 0 Å². The normalized spacial score (nSPS) is 10.3. The molecule has 1 heterocycles. The van der Waals surface area contributed by atoms with Crippen LogP contribution < -0.4 is 11.1 Å². The zero-order valence-electron chi connectivity index (χ0n) is 10.3. The SMILES string of the molecule is NCCCNc1nccc(Cc2ccccc2)n1. The fourth-order valence-corrected chi connectivity index (χ4v) is 1.69. The molecule has 0 fully saturated rings. The highest BCUT2D eigenvalue weighted by molar-refractivity contribution is 5.28. The van der Waals surface area contributed by atoms with Crippen molar-refractivity contribution >= 4 is 5.95 Å². The van der Waals surface area contributed by atoms with Crippen LogP contribution >= 0.6 is 0 Å². The number of anilines is 1. The maximum atomic E-state index is 5.44. The van der Waals surface area contributed by atoms with Gasteiger partial charge in [0, 0.05) is 19.2 Å². The molecule has 0 amide bonds. The van der Waals surface area contributed by atoms with Crippen molar-refractivity contribution in [3.8, 4) is 0 Å². The summed E-state index contributed by atoms with van der Waals surface area (Å²) in [5.41, 5.74) is 7.72. The number of rotatable bonds is 6. The van der Waals surface area contributed by atoms with E-state index >= 15 is 0 Å². The van der Waals surface area contributed by atoms with Gasteiger partial charge in [0.15, 0.2) is 0 Å². The molecular weight excluding hydrogens is 224 g/mol. The molecule has 0 bridgehead atoms. The van der Waals surface area contributed by atoms with Crippen LogP contribution in [-0.2, 0) is 6.42 Å². The minimum Gasteiger partial charge on any atom is -0.354 e. The fourth-order valence-electron chi connectivity index (χ4n) is 1.69. The monoisotopic (exact) mass is 242 g/mol. The van der Waals surface area contributed by atoms with E-state index in [2.05, 4.69) is 27.4 Å². The summed E-state index contributed by atoms with van der Waals surface area (Å²) in [5.74, 6) is 0.678. The van der Waals surface area contributed by atoms with Gasteiger partial charge in [-0.25, -0.2) is 9.97 Å². The maximum Gasteiger partial charge on any atom is 0.222 e. The smallest absolute Gasteiger partial charge is 0.222 e. The van der Waals surface area contributed by atoms with E-state index in [1.54, 1.807) is 6.20 Å². The highest BCUT2D eigenvalue weighted by Gasteiger charge is 2.00. The quantitative estimate of drug-likeness (QED) is 0.758. The summed E-state index contributed by atoms with van der Waals surface area (Å²) >= 11 is 0. The van der Waals surface area contributed by atoms with Crippen LogP contribution in [0.5, 0.6) is 0 Å². The second-order valence-corrected chi connectivity index (χ2v) is 4.10. The number of nitrogens with zero attached hydrogens (tertiary/aromatic N) is 2. The van der Waals surface area contributed by atoms with Crippen LogP contribution in [0.25, 0.3) is 0 Å². The van der Waals surface area contributed by atoms with E-state index in [0.717, 1.165) is 25.1 Å². The molecule has 4 heteroatoms. The molecule has 0 aliphatic heterocycles.